The van der Waals surface area contributed by atoms with E-state index >= 15 is 0 Å². The van der Waals surface area contributed by atoms with Gasteiger partial charge in [0.2, 0.25) is 5.91 Å². The van der Waals surface area contributed by atoms with Crippen LogP contribution >= 0.6 is 11.3 Å². The Morgan fingerprint density at radius 1 is 1.33 bits per heavy atom. The molecule has 0 aliphatic carbocycles. The topological polar surface area (TPSA) is 62.3 Å². The average Bonchev–Trinajstić information content (AvgIpc) is 2.93. The summed E-state index contributed by atoms with van der Waals surface area (Å²) in [6, 6.07) is 7.95. The molecule has 108 valence electrons. The number of carbonyl (C=O) groups is 2. The number of fused-ring (bicyclic) bond motifs is 1. The van der Waals surface area contributed by atoms with Crippen LogP contribution in [0.5, 0.6) is 0 Å². The third kappa shape index (κ3) is 2.80. The van der Waals surface area contributed by atoms with E-state index in [1.807, 2.05) is 18.2 Å². The summed E-state index contributed by atoms with van der Waals surface area (Å²) in [5, 5.41) is 4.74. The molecule has 0 spiro atoms. The van der Waals surface area contributed by atoms with E-state index < -0.39 is 0 Å². The lowest BCUT2D eigenvalue weighted by Crippen LogP contribution is -2.35. The summed E-state index contributed by atoms with van der Waals surface area (Å²) < 4.78 is 0. The van der Waals surface area contributed by atoms with Gasteiger partial charge in [-0.25, -0.2) is 4.98 Å². The Balaban J connectivity index is 1.86. The van der Waals surface area contributed by atoms with Gasteiger partial charge in [0.05, 0.1) is 0 Å². The van der Waals surface area contributed by atoms with E-state index in [1.54, 1.807) is 10.3 Å². The standard InChI is InChI=1S/C15H15N3O2S/c1-10(19)16-15-17-12(9-21-15)14(20)18-8-4-6-11-5-2-3-7-13(11)18/h2-3,5,7,9H,4,6,8H2,1H3,(H,16,17,19). The average molecular weight is 301 g/mol. The number of benzene rings is 1. The number of rotatable bonds is 2. The molecule has 3 rings (SSSR count). The van der Waals surface area contributed by atoms with E-state index in [4.69, 9.17) is 0 Å². The fraction of sp³-hybridized carbons (Fsp3) is 0.267. The molecule has 2 aromatic rings. The molecule has 21 heavy (non-hydrogen) atoms. The zero-order valence-electron chi connectivity index (χ0n) is 11.6. The van der Waals surface area contributed by atoms with Crippen LogP contribution in [0.2, 0.25) is 0 Å². The van der Waals surface area contributed by atoms with Crippen LogP contribution < -0.4 is 10.2 Å². The first-order chi connectivity index (χ1) is 10.1. The Morgan fingerprint density at radius 2 is 2.14 bits per heavy atom. The van der Waals surface area contributed by atoms with Crippen LogP contribution in [-0.2, 0) is 11.2 Å². The Bertz CT molecular complexity index is 696. The molecule has 6 heteroatoms. The van der Waals surface area contributed by atoms with Crippen LogP contribution in [0.3, 0.4) is 0 Å². The summed E-state index contributed by atoms with van der Waals surface area (Å²) >= 11 is 1.26. The van der Waals surface area contributed by atoms with Crippen molar-refractivity contribution < 1.29 is 9.59 Å². The van der Waals surface area contributed by atoms with Gasteiger partial charge < -0.3 is 10.2 Å². The van der Waals surface area contributed by atoms with Gasteiger partial charge in [-0.1, -0.05) is 18.2 Å². The lowest BCUT2D eigenvalue weighted by Gasteiger charge is -2.28. The van der Waals surface area contributed by atoms with Gasteiger partial charge in [-0.2, -0.15) is 0 Å². The van der Waals surface area contributed by atoms with Crippen molar-refractivity contribution in [3.8, 4) is 0 Å². The predicted molar refractivity (Wildman–Crippen MR) is 82.9 cm³/mol. The Labute approximate surface area is 126 Å². The summed E-state index contributed by atoms with van der Waals surface area (Å²) in [6.45, 7) is 2.12. The summed E-state index contributed by atoms with van der Waals surface area (Å²) in [5.41, 5.74) is 2.53. The zero-order valence-corrected chi connectivity index (χ0v) is 12.4. The third-order valence-corrected chi connectivity index (χ3v) is 4.12. The van der Waals surface area contributed by atoms with Gasteiger partial charge in [-0.05, 0) is 24.5 Å². The molecule has 1 aromatic carbocycles. The smallest absolute Gasteiger partial charge is 0.277 e. The van der Waals surface area contributed by atoms with Crippen LogP contribution in [0.15, 0.2) is 29.6 Å². The second kappa shape index (κ2) is 5.65. The number of hydrogen-bond donors (Lipinski definition) is 1. The van der Waals surface area contributed by atoms with E-state index in [-0.39, 0.29) is 11.8 Å². The highest BCUT2D eigenvalue weighted by Crippen LogP contribution is 2.28. The first kappa shape index (κ1) is 13.8. The van der Waals surface area contributed by atoms with Crippen molar-refractivity contribution in [3.05, 3.63) is 40.9 Å². The van der Waals surface area contributed by atoms with Crippen LogP contribution in [0.4, 0.5) is 10.8 Å². The molecule has 1 aliphatic rings. The van der Waals surface area contributed by atoms with Gasteiger partial charge in [0.15, 0.2) is 5.13 Å². The number of amides is 2. The molecule has 0 bridgehead atoms. The zero-order chi connectivity index (χ0) is 14.8. The molecule has 2 heterocycles. The van der Waals surface area contributed by atoms with E-state index in [9.17, 15) is 9.59 Å². The Morgan fingerprint density at radius 3 is 2.95 bits per heavy atom. The molecule has 0 saturated carbocycles. The van der Waals surface area contributed by atoms with Gasteiger partial charge in [-0.3, -0.25) is 9.59 Å². The van der Waals surface area contributed by atoms with Gasteiger partial charge >= 0.3 is 0 Å². The fourth-order valence-corrected chi connectivity index (χ4v) is 3.19. The first-order valence-corrected chi connectivity index (χ1v) is 7.66. The molecule has 5 nitrogen and oxygen atoms in total. The number of nitrogens with zero attached hydrogens (tertiary/aromatic N) is 2. The summed E-state index contributed by atoms with van der Waals surface area (Å²) in [7, 11) is 0. The van der Waals surface area contributed by atoms with Crippen molar-refractivity contribution in [2.75, 3.05) is 16.8 Å². The number of carbonyl (C=O) groups excluding carboxylic acids is 2. The molecular weight excluding hydrogens is 286 g/mol. The fourth-order valence-electron chi connectivity index (χ4n) is 2.46. The lowest BCUT2D eigenvalue weighted by molar-refractivity contribution is -0.114. The van der Waals surface area contributed by atoms with Crippen molar-refractivity contribution >= 4 is 34.0 Å². The molecule has 0 radical (unpaired) electrons. The largest absolute Gasteiger partial charge is 0.307 e. The number of nitrogens with one attached hydrogen (secondary N) is 1. The van der Waals surface area contributed by atoms with Crippen molar-refractivity contribution in [2.45, 2.75) is 19.8 Å². The molecule has 1 N–H and O–H groups in total. The summed E-state index contributed by atoms with van der Waals surface area (Å²) in [5.74, 6) is -0.304. The maximum Gasteiger partial charge on any atom is 0.277 e. The van der Waals surface area contributed by atoms with Crippen molar-refractivity contribution in [1.82, 2.24) is 4.98 Å². The van der Waals surface area contributed by atoms with Gasteiger partial charge in [0.1, 0.15) is 5.69 Å². The van der Waals surface area contributed by atoms with E-state index in [1.165, 1.54) is 23.8 Å². The SMILES string of the molecule is CC(=O)Nc1nc(C(=O)N2CCCc3ccccc32)cs1. The number of aromatic nitrogens is 1. The van der Waals surface area contributed by atoms with E-state index in [0.29, 0.717) is 17.4 Å². The highest BCUT2D eigenvalue weighted by Gasteiger charge is 2.25. The molecule has 2 amide bonds. The summed E-state index contributed by atoms with van der Waals surface area (Å²) in [4.78, 5) is 29.6. The maximum absolute atomic E-state index is 12.6. The normalized spacial score (nSPS) is 13.7. The van der Waals surface area contributed by atoms with Gasteiger partial charge in [0.25, 0.3) is 5.91 Å². The minimum Gasteiger partial charge on any atom is -0.307 e. The van der Waals surface area contributed by atoms with E-state index in [0.717, 1.165) is 18.5 Å². The second-order valence-corrected chi connectivity index (χ2v) is 5.77. The number of para-hydroxylation sites is 1. The molecule has 1 aromatic heterocycles. The number of thiazole rings is 1. The molecule has 1 aliphatic heterocycles. The Hall–Kier alpha value is -2.21. The van der Waals surface area contributed by atoms with Gasteiger partial charge in [0, 0.05) is 24.5 Å². The minimum atomic E-state index is -0.188. The minimum absolute atomic E-state index is 0.116. The van der Waals surface area contributed by atoms with E-state index in [2.05, 4.69) is 16.4 Å². The maximum atomic E-state index is 12.6. The summed E-state index contributed by atoms with van der Waals surface area (Å²) in [6.07, 6.45) is 1.94. The molecular formula is C15H15N3O2S. The van der Waals surface area contributed by atoms with Crippen molar-refractivity contribution in [2.24, 2.45) is 0 Å². The molecule has 0 atom stereocenters. The predicted octanol–water partition coefficient (Wildman–Crippen LogP) is 2.69. The number of anilines is 2. The van der Waals surface area contributed by atoms with Gasteiger partial charge in [-0.15, -0.1) is 11.3 Å². The lowest BCUT2D eigenvalue weighted by atomic mass is 10.0. The van der Waals surface area contributed by atoms with Crippen LogP contribution in [0.1, 0.15) is 29.4 Å². The first-order valence-electron chi connectivity index (χ1n) is 6.78. The molecule has 0 fully saturated rings. The molecule has 0 saturated heterocycles. The molecule has 0 unspecified atom stereocenters. The van der Waals surface area contributed by atoms with Crippen LogP contribution in [0.25, 0.3) is 0 Å². The van der Waals surface area contributed by atoms with Crippen LogP contribution in [0, 0.1) is 0 Å². The number of hydrogen-bond acceptors (Lipinski definition) is 4. The van der Waals surface area contributed by atoms with Crippen molar-refractivity contribution in [1.29, 1.82) is 0 Å². The quantitative estimate of drug-likeness (QED) is 0.927. The monoisotopic (exact) mass is 301 g/mol. The second-order valence-electron chi connectivity index (χ2n) is 4.91. The highest BCUT2D eigenvalue weighted by atomic mass is 32.1. The Kier molecular flexibility index (Phi) is 3.70. The third-order valence-electron chi connectivity index (χ3n) is 3.36. The number of aryl methyl sites for hydroxylation is 1. The highest BCUT2D eigenvalue weighted by molar-refractivity contribution is 7.14. The van der Waals surface area contributed by atoms with Crippen LogP contribution in [-0.4, -0.2) is 23.3 Å². The van der Waals surface area contributed by atoms with Crippen molar-refractivity contribution in [3.63, 3.8) is 0 Å².